The molecule has 88 valence electrons. The Morgan fingerprint density at radius 1 is 1.38 bits per heavy atom. The highest BCUT2D eigenvalue weighted by atomic mass is 35.5. The average Bonchev–Trinajstić information content (AvgIpc) is 2.33. The van der Waals surface area contributed by atoms with Crippen molar-refractivity contribution in [3.05, 3.63) is 34.3 Å². The maximum Gasteiger partial charge on any atom is 0.0483 e. The van der Waals surface area contributed by atoms with E-state index in [-0.39, 0.29) is 6.04 Å². The van der Waals surface area contributed by atoms with Gasteiger partial charge in [0, 0.05) is 24.3 Å². The van der Waals surface area contributed by atoms with Gasteiger partial charge >= 0.3 is 0 Å². The fourth-order valence-electron chi connectivity index (χ4n) is 2.26. The molecule has 0 aliphatic carbocycles. The van der Waals surface area contributed by atoms with Crippen molar-refractivity contribution < 1.29 is 4.74 Å². The second-order valence-corrected chi connectivity index (χ2v) is 4.83. The highest BCUT2D eigenvalue weighted by Crippen LogP contribution is 2.33. The molecular formula is C13H18ClNO. The number of hydrogen-bond donors (Lipinski definition) is 1. The number of rotatable bonds is 2. The van der Waals surface area contributed by atoms with Gasteiger partial charge in [-0.05, 0) is 36.8 Å². The number of halogens is 1. The highest BCUT2D eigenvalue weighted by molar-refractivity contribution is 6.32. The normalized spacial score (nSPS) is 19.7. The molecule has 0 spiro atoms. The Morgan fingerprint density at radius 2 is 2.06 bits per heavy atom. The highest BCUT2D eigenvalue weighted by Gasteiger charge is 2.23. The molecule has 1 fully saturated rings. The van der Waals surface area contributed by atoms with E-state index in [0.717, 1.165) is 42.2 Å². The molecule has 1 atom stereocenters. The molecule has 0 radical (unpaired) electrons. The van der Waals surface area contributed by atoms with E-state index in [1.54, 1.807) is 0 Å². The molecule has 1 aliphatic heterocycles. The molecule has 0 saturated carbocycles. The van der Waals surface area contributed by atoms with E-state index in [0.29, 0.717) is 5.92 Å². The summed E-state index contributed by atoms with van der Waals surface area (Å²) in [5.41, 5.74) is 8.48. The Kier molecular flexibility index (Phi) is 3.85. The van der Waals surface area contributed by atoms with Crippen LogP contribution in [0.3, 0.4) is 0 Å². The van der Waals surface area contributed by atoms with E-state index in [4.69, 9.17) is 22.1 Å². The molecule has 1 unspecified atom stereocenters. The van der Waals surface area contributed by atoms with Crippen LogP contribution >= 0.6 is 11.6 Å². The zero-order chi connectivity index (χ0) is 11.5. The quantitative estimate of drug-likeness (QED) is 0.861. The molecule has 0 amide bonds. The maximum atomic E-state index is 6.30. The first-order chi connectivity index (χ1) is 7.70. The fourth-order valence-corrected chi connectivity index (χ4v) is 2.51. The lowest BCUT2D eigenvalue weighted by Crippen LogP contribution is -2.27. The number of nitrogens with two attached hydrogens (primary N) is 1. The van der Waals surface area contributed by atoms with Crippen LogP contribution in [0.1, 0.15) is 30.0 Å². The summed E-state index contributed by atoms with van der Waals surface area (Å²) in [6.45, 7) is 3.66. The SMILES string of the molecule is Cc1cccc(C(N)C2CCOCC2)c1Cl. The molecule has 1 aliphatic rings. The topological polar surface area (TPSA) is 35.2 Å². The van der Waals surface area contributed by atoms with Crippen molar-refractivity contribution in [1.82, 2.24) is 0 Å². The second kappa shape index (κ2) is 5.17. The number of benzene rings is 1. The molecule has 3 heteroatoms. The zero-order valence-corrected chi connectivity index (χ0v) is 10.3. The van der Waals surface area contributed by atoms with Gasteiger partial charge in [0.25, 0.3) is 0 Å². The van der Waals surface area contributed by atoms with Crippen molar-refractivity contribution in [2.75, 3.05) is 13.2 Å². The van der Waals surface area contributed by atoms with E-state index in [1.165, 1.54) is 0 Å². The first kappa shape index (κ1) is 11.9. The predicted octanol–water partition coefficient (Wildman–Crippen LogP) is 3.07. The Bertz CT molecular complexity index is 361. The standard InChI is InChI=1S/C13H18ClNO/c1-9-3-2-4-11(12(9)14)13(15)10-5-7-16-8-6-10/h2-4,10,13H,5-8,15H2,1H3. The first-order valence-electron chi connectivity index (χ1n) is 5.78. The van der Waals surface area contributed by atoms with Gasteiger partial charge in [-0.15, -0.1) is 0 Å². The van der Waals surface area contributed by atoms with Gasteiger partial charge < -0.3 is 10.5 Å². The third-order valence-corrected chi connectivity index (χ3v) is 3.87. The van der Waals surface area contributed by atoms with Crippen LogP contribution in [0.15, 0.2) is 18.2 Å². The third kappa shape index (κ3) is 2.40. The van der Waals surface area contributed by atoms with Crippen LogP contribution in [0.2, 0.25) is 5.02 Å². The second-order valence-electron chi connectivity index (χ2n) is 4.45. The van der Waals surface area contributed by atoms with Crippen LogP contribution in [-0.4, -0.2) is 13.2 Å². The van der Waals surface area contributed by atoms with E-state index in [9.17, 15) is 0 Å². The van der Waals surface area contributed by atoms with Crippen LogP contribution in [0, 0.1) is 12.8 Å². The van der Waals surface area contributed by atoms with Gasteiger partial charge in [0.1, 0.15) is 0 Å². The summed E-state index contributed by atoms with van der Waals surface area (Å²) in [6.07, 6.45) is 2.07. The summed E-state index contributed by atoms with van der Waals surface area (Å²) in [4.78, 5) is 0. The van der Waals surface area contributed by atoms with Gasteiger partial charge in [0.2, 0.25) is 0 Å². The lowest BCUT2D eigenvalue weighted by molar-refractivity contribution is 0.0584. The number of hydrogen-bond acceptors (Lipinski definition) is 2. The molecule has 1 aromatic rings. The van der Waals surface area contributed by atoms with Gasteiger partial charge in [0.05, 0.1) is 0 Å². The van der Waals surface area contributed by atoms with Crippen LogP contribution in [0.4, 0.5) is 0 Å². The molecule has 1 saturated heterocycles. The number of aryl methyl sites for hydroxylation is 1. The van der Waals surface area contributed by atoms with Crippen LogP contribution in [-0.2, 0) is 4.74 Å². The summed E-state index contributed by atoms with van der Waals surface area (Å²) in [7, 11) is 0. The largest absolute Gasteiger partial charge is 0.381 e. The Balaban J connectivity index is 2.19. The molecular weight excluding hydrogens is 222 g/mol. The monoisotopic (exact) mass is 239 g/mol. The van der Waals surface area contributed by atoms with Crippen molar-refractivity contribution >= 4 is 11.6 Å². The average molecular weight is 240 g/mol. The molecule has 2 N–H and O–H groups in total. The van der Waals surface area contributed by atoms with E-state index in [2.05, 4.69) is 0 Å². The van der Waals surface area contributed by atoms with Gasteiger partial charge in [-0.25, -0.2) is 0 Å². The molecule has 1 heterocycles. The predicted molar refractivity (Wildman–Crippen MR) is 66.7 cm³/mol. The summed E-state index contributed by atoms with van der Waals surface area (Å²) in [6, 6.07) is 6.12. The van der Waals surface area contributed by atoms with Gasteiger partial charge in [-0.2, -0.15) is 0 Å². The molecule has 16 heavy (non-hydrogen) atoms. The van der Waals surface area contributed by atoms with Gasteiger partial charge in [-0.3, -0.25) is 0 Å². The minimum atomic E-state index is 0.0382. The molecule has 0 bridgehead atoms. The first-order valence-corrected chi connectivity index (χ1v) is 6.16. The van der Waals surface area contributed by atoms with E-state index >= 15 is 0 Å². The summed E-state index contributed by atoms with van der Waals surface area (Å²) < 4.78 is 5.35. The van der Waals surface area contributed by atoms with Crippen molar-refractivity contribution in [2.45, 2.75) is 25.8 Å². The molecule has 1 aromatic carbocycles. The van der Waals surface area contributed by atoms with Crippen LogP contribution in [0.5, 0.6) is 0 Å². The Labute approximate surface area is 102 Å². The van der Waals surface area contributed by atoms with Crippen molar-refractivity contribution in [3.63, 3.8) is 0 Å². The maximum absolute atomic E-state index is 6.30. The van der Waals surface area contributed by atoms with Crippen LogP contribution in [0.25, 0.3) is 0 Å². The Hall–Kier alpha value is -0.570. The van der Waals surface area contributed by atoms with Crippen molar-refractivity contribution in [2.24, 2.45) is 11.7 Å². The minimum Gasteiger partial charge on any atom is -0.381 e. The smallest absolute Gasteiger partial charge is 0.0483 e. The third-order valence-electron chi connectivity index (χ3n) is 3.35. The summed E-state index contributed by atoms with van der Waals surface area (Å²) >= 11 is 6.30. The van der Waals surface area contributed by atoms with E-state index < -0.39 is 0 Å². The minimum absolute atomic E-state index is 0.0382. The van der Waals surface area contributed by atoms with Crippen molar-refractivity contribution in [3.8, 4) is 0 Å². The number of ether oxygens (including phenoxy) is 1. The Morgan fingerprint density at radius 3 is 2.75 bits per heavy atom. The van der Waals surface area contributed by atoms with Crippen molar-refractivity contribution in [1.29, 1.82) is 0 Å². The van der Waals surface area contributed by atoms with E-state index in [1.807, 2.05) is 25.1 Å². The van der Waals surface area contributed by atoms with Gasteiger partial charge in [-0.1, -0.05) is 29.8 Å². The van der Waals surface area contributed by atoms with Crippen LogP contribution < -0.4 is 5.73 Å². The summed E-state index contributed by atoms with van der Waals surface area (Å²) in [5.74, 6) is 0.494. The summed E-state index contributed by atoms with van der Waals surface area (Å²) in [5, 5.41) is 0.821. The fraction of sp³-hybridized carbons (Fsp3) is 0.538. The molecule has 0 aromatic heterocycles. The van der Waals surface area contributed by atoms with Gasteiger partial charge in [0.15, 0.2) is 0 Å². The lowest BCUT2D eigenvalue weighted by atomic mass is 9.87. The molecule has 2 nitrogen and oxygen atoms in total. The molecule has 2 rings (SSSR count). The zero-order valence-electron chi connectivity index (χ0n) is 9.58. The lowest BCUT2D eigenvalue weighted by Gasteiger charge is -2.28.